The van der Waals surface area contributed by atoms with E-state index in [1.807, 2.05) is 0 Å². The lowest BCUT2D eigenvalue weighted by molar-refractivity contribution is 0.237. The Bertz CT molecular complexity index is 354. The highest BCUT2D eigenvalue weighted by atomic mass is 14.9. The van der Waals surface area contributed by atoms with Crippen molar-refractivity contribution in [3.63, 3.8) is 0 Å². The van der Waals surface area contributed by atoms with E-state index in [1.165, 1.54) is 30.4 Å². The van der Waals surface area contributed by atoms with Gasteiger partial charge in [0, 0.05) is 6.04 Å². The van der Waals surface area contributed by atoms with Crippen LogP contribution >= 0.6 is 0 Å². The lowest BCUT2D eigenvalue weighted by Gasteiger charge is -2.35. The van der Waals surface area contributed by atoms with Gasteiger partial charge in [0.2, 0.25) is 0 Å². The van der Waals surface area contributed by atoms with Crippen LogP contribution in [0.25, 0.3) is 0 Å². The van der Waals surface area contributed by atoms with Crippen molar-refractivity contribution in [3.05, 3.63) is 35.4 Å². The zero-order valence-electron chi connectivity index (χ0n) is 12.7. The van der Waals surface area contributed by atoms with Crippen LogP contribution in [0.15, 0.2) is 24.3 Å². The molecule has 0 spiro atoms. The topological polar surface area (TPSA) is 12.0 Å². The second-order valence-electron chi connectivity index (χ2n) is 5.83. The molecule has 0 saturated carbocycles. The number of hydrogen-bond acceptors (Lipinski definition) is 1. The lowest BCUT2D eigenvalue weighted by atomic mass is 9.78. The Morgan fingerprint density at radius 2 is 1.89 bits per heavy atom. The maximum absolute atomic E-state index is 3.66. The summed E-state index contributed by atoms with van der Waals surface area (Å²) >= 11 is 0. The molecule has 18 heavy (non-hydrogen) atoms. The Balaban J connectivity index is 3.01. The van der Waals surface area contributed by atoms with Crippen molar-refractivity contribution < 1.29 is 0 Å². The Kier molecular flexibility index (Phi) is 5.87. The van der Waals surface area contributed by atoms with Crippen molar-refractivity contribution in [1.82, 2.24) is 5.32 Å². The third kappa shape index (κ3) is 3.84. The molecule has 0 aliphatic rings. The largest absolute Gasteiger partial charge is 0.310 e. The normalized spacial score (nSPS) is 13.6. The van der Waals surface area contributed by atoms with E-state index in [0.29, 0.717) is 11.5 Å². The first-order chi connectivity index (χ1) is 8.55. The van der Waals surface area contributed by atoms with Crippen LogP contribution in [0.3, 0.4) is 0 Å². The number of aryl methyl sites for hydroxylation is 1. The highest BCUT2D eigenvalue weighted by molar-refractivity contribution is 5.27. The Hall–Kier alpha value is -0.820. The van der Waals surface area contributed by atoms with Gasteiger partial charge in [-0.05, 0) is 35.9 Å². The first-order valence-corrected chi connectivity index (χ1v) is 7.37. The van der Waals surface area contributed by atoms with Gasteiger partial charge in [-0.15, -0.1) is 0 Å². The molecule has 1 N–H and O–H groups in total. The van der Waals surface area contributed by atoms with Crippen LogP contribution in [0.4, 0.5) is 0 Å². The zero-order chi connectivity index (χ0) is 13.6. The van der Waals surface area contributed by atoms with Crippen molar-refractivity contribution in [3.8, 4) is 0 Å². The standard InChI is InChI=1S/C17H29N/c1-6-10-14-11-9-12-15(13-14)16(18-8-3)17(4,5)7-2/h9,11-13,16,18H,6-8,10H2,1-5H3. The molecule has 1 unspecified atom stereocenters. The van der Waals surface area contributed by atoms with Gasteiger partial charge in [-0.25, -0.2) is 0 Å². The van der Waals surface area contributed by atoms with E-state index >= 15 is 0 Å². The SMILES string of the molecule is CCCc1cccc(C(NCC)C(C)(C)CC)c1. The van der Waals surface area contributed by atoms with Crippen molar-refractivity contribution >= 4 is 0 Å². The van der Waals surface area contributed by atoms with E-state index in [1.54, 1.807) is 0 Å². The fraction of sp³-hybridized carbons (Fsp3) is 0.647. The molecule has 0 amide bonds. The van der Waals surface area contributed by atoms with Gasteiger partial charge in [-0.1, -0.05) is 65.3 Å². The van der Waals surface area contributed by atoms with E-state index in [2.05, 4.69) is 64.2 Å². The summed E-state index contributed by atoms with van der Waals surface area (Å²) in [6, 6.07) is 9.55. The molecule has 102 valence electrons. The summed E-state index contributed by atoms with van der Waals surface area (Å²) in [5.41, 5.74) is 3.19. The number of hydrogen-bond donors (Lipinski definition) is 1. The molecular formula is C17H29N. The molecule has 1 rings (SSSR count). The van der Waals surface area contributed by atoms with Gasteiger partial charge in [0.25, 0.3) is 0 Å². The fourth-order valence-electron chi connectivity index (χ4n) is 2.47. The highest BCUT2D eigenvalue weighted by Gasteiger charge is 2.28. The molecule has 0 heterocycles. The van der Waals surface area contributed by atoms with Crippen molar-refractivity contribution in [2.24, 2.45) is 5.41 Å². The molecule has 1 heteroatoms. The second-order valence-corrected chi connectivity index (χ2v) is 5.83. The van der Waals surface area contributed by atoms with Crippen LogP contribution in [-0.2, 0) is 6.42 Å². The minimum absolute atomic E-state index is 0.293. The molecule has 0 bridgehead atoms. The highest BCUT2D eigenvalue weighted by Crippen LogP contribution is 2.36. The average Bonchev–Trinajstić information content (AvgIpc) is 2.36. The maximum Gasteiger partial charge on any atom is 0.0371 e. The zero-order valence-corrected chi connectivity index (χ0v) is 12.7. The Morgan fingerprint density at radius 3 is 2.44 bits per heavy atom. The van der Waals surface area contributed by atoms with E-state index in [-0.39, 0.29) is 0 Å². The third-order valence-corrected chi connectivity index (χ3v) is 3.92. The van der Waals surface area contributed by atoms with Gasteiger partial charge in [0.05, 0.1) is 0 Å². The molecular weight excluding hydrogens is 218 g/mol. The van der Waals surface area contributed by atoms with Gasteiger partial charge in [0.15, 0.2) is 0 Å². The molecule has 0 aliphatic carbocycles. The van der Waals surface area contributed by atoms with E-state index in [4.69, 9.17) is 0 Å². The number of benzene rings is 1. The molecule has 1 nitrogen and oxygen atoms in total. The molecule has 0 radical (unpaired) electrons. The summed E-state index contributed by atoms with van der Waals surface area (Å²) in [4.78, 5) is 0. The van der Waals surface area contributed by atoms with Crippen molar-refractivity contribution in [2.75, 3.05) is 6.54 Å². The van der Waals surface area contributed by atoms with Gasteiger partial charge in [-0.3, -0.25) is 0 Å². The molecule has 0 aliphatic heterocycles. The predicted molar refractivity (Wildman–Crippen MR) is 80.9 cm³/mol. The van der Waals surface area contributed by atoms with Crippen LogP contribution in [0, 0.1) is 5.41 Å². The minimum Gasteiger partial charge on any atom is -0.310 e. The van der Waals surface area contributed by atoms with Crippen LogP contribution in [0.5, 0.6) is 0 Å². The summed E-state index contributed by atoms with van der Waals surface area (Å²) in [7, 11) is 0. The number of nitrogens with one attached hydrogen (secondary N) is 1. The Morgan fingerprint density at radius 1 is 1.17 bits per heavy atom. The van der Waals surface area contributed by atoms with Gasteiger partial charge in [0.1, 0.15) is 0 Å². The van der Waals surface area contributed by atoms with Crippen LogP contribution in [0.1, 0.15) is 64.6 Å². The van der Waals surface area contributed by atoms with Gasteiger partial charge >= 0.3 is 0 Å². The summed E-state index contributed by atoms with van der Waals surface area (Å²) in [5.74, 6) is 0. The second kappa shape index (κ2) is 6.94. The summed E-state index contributed by atoms with van der Waals surface area (Å²) in [6.07, 6.45) is 3.58. The molecule has 1 aromatic carbocycles. The first kappa shape index (κ1) is 15.2. The monoisotopic (exact) mass is 247 g/mol. The lowest BCUT2D eigenvalue weighted by Crippen LogP contribution is -2.33. The quantitative estimate of drug-likeness (QED) is 0.734. The van der Waals surface area contributed by atoms with Crippen LogP contribution in [-0.4, -0.2) is 6.54 Å². The molecule has 1 atom stereocenters. The van der Waals surface area contributed by atoms with Crippen molar-refractivity contribution in [2.45, 2.75) is 59.9 Å². The van der Waals surface area contributed by atoms with Gasteiger partial charge < -0.3 is 5.32 Å². The summed E-state index contributed by atoms with van der Waals surface area (Å²) in [6.45, 7) is 12.4. The average molecular weight is 247 g/mol. The summed E-state index contributed by atoms with van der Waals surface area (Å²) < 4.78 is 0. The maximum atomic E-state index is 3.66. The predicted octanol–water partition coefficient (Wildman–Crippen LogP) is 4.73. The van der Waals surface area contributed by atoms with Gasteiger partial charge in [-0.2, -0.15) is 0 Å². The molecule has 0 fully saturated rings. The smallest absolute Gasteiger partial charge is 0.0371 e. The number of rotatable bonds is 7. The molecule has 0 saturated heterocycles. The van der Waals surface area contributed by atoms with Crippen molar-refractivity contribution in [1.29, 1.82) is 0 Å². The van der Waals surface area contributed by atoms with Crippen LogP contribution in [0.2, 0.25) is 0 Å². The van der Waals surface area contributed by atoms with Crippen LogP contribution < -0.4 is 5.32 Å². The fourth-order valence-corrected chi connectivity index (χ4v) is 2.47. The molecule has 0 aromatic heterocycles. The third-order valence-electron chi connectivity index (χ3n) is 3.92. The molecule has 1 aromatic rings. The summed E-state index contributed by atoms with van der Waals surface area (Å²) in [5, 5.41) is 3.66. The van der Waals surface area contributed by atoms with E-state index < -0.39 is 0 Å². The Labute approximate surface area is 113 Å². The minimum atomic E-state index is 0.293. The van der Waals surface area contributed by atoms with E-state index in [9.17, 15) is 0 Å². The first-order valence-electron chi connectivity index (χ1n) is 7.37. The van der Waals surface area contributed by atoms with E-state index in [0.717, 1.165) is 6.54 Å².